The highest BCUT2D eigenvalue weighted by Crippen LogP contribution is 2.29. The molecule has 184 valence electrons. The second-order valence-corrected chi connectivity index (χ2v) is 9.54. The predicted molar refractivity (Wildman–Crippen MR) is 135 cm³/mol. The number of aromatic nitrogens is 2. The molecule has 1 amide bonds. The van der Waals surface area contributed by atoms with Crippen molar-refractivity contribution in [3.8, 4) is 11.5 Å². The number of nitrogens with one attached hydrogen (secondary N) is 1. The second kappa shape index (κ2) is 10.3. The molecule has 2 aromatic carbocycles. The molecule has 0 radical (unpaired) electrons. The molecule has 8 nitrogen and oxygen atoms in total. The predicted octanol–water partition coefficient (Wildman–Crippen LogP) is 5.97. The zero-order valence-corrected chi connectivity index (χ0v) is 20.8. The molecular weight excluding hydrogens is 444 g/mol. The highest BCUT2D eigenvalue weighted by atomic mass is 16.6. The summed E-state index contributed by atoms with van der Waals surface area (Å²) in [5, 5.41) is 3.32. The lowest BCUT2D eigenvalue weighted by Crippen LogP contribution is -2.45. The molecule has 35 heavy (non-hydrogen) atoms. The number of nitrogens with zero attached hydrogens (tertiary/aromatic N) is 3. The van der Waals surface area contributed by atoms with Crippen LogP contribution in [0.25, 0.3) is 0 Å². The van der Waals surface area contributed by atoms with Gasteiger partial charge in [-0.1, -0.05) is 30.3 Å². The standard InChI is InChI=1S/C27H32N4O4/c1-18(20-10-9-13-22(16-20)34-21-11-7-6-8-12-21)29-25-28-15-14-24(30-25)31-23(17-33-26(31)32)19(2)35-27(3,4)5/h6-16,18-19,23H,17H2,1-5H3,(H,28,29,30)/t18-,19+,23+/m0/s1. The molecule has 1 aromatic heterocycles. The lowest BCUT2D eigenvalue weighted by Gasteiger charge is -2.31. The summed E-state index contributed by atoms with van der Waals surface area (Å²) in [4.78, 5) is 23.1. The minimum absolute atomic E-state index is 0.103. The van der Waals surface area contributed by atoms with E-state index in [1.165, 1.54) is 0 Å². The van der Waals surface area contributed by atoms with Crippen molar-refractivity contribution >= 4 is 17.9 Å². The van der Waals surface area contributed by atoms with Gasteiger partial charge in [0.25, 0.3) is 0 Å². The van der Waals surface area contributed by atoms with Crippen molar-refractivity contribution in [2.24, 2.45) is 0 Å². The second-order valence-electron chi connectivity index (χ2n) is 9.54. The maximum Gasteiger partial charge on any atom is 0.416 e. The first-order chi connectivity index (χ1) is 16.7. The molecule has 2 heterocycles. The van der Waals surface area contributed by atoms with E-state index in [-0.39, 0.29) is 30.4 Å². The van der Waals surface area contributed by atoms with Gasteiger partial charge in [-0.25, -0.2) is 9.78 Å². The monoisotopic (exact) mass is 476 g/mol. The number of cyclic esters (lactones) is 1. The van der Waals surface area contributed by atoms with Gasteiger partial charge in [-0.2, -0.15) is 4.98 Å². The van der Waals surface area contributed by atoms with Gasteiger partial charge >= 0.3 is 6.09 Å². The number of benzene rings is 2. The lowest BCUT2D eigenvalue weighted by molar-refractivity contribution is -0.0618. The van der Waals surface area contributed by atoms with E-state index in [4.69, 9.17) is 14.2 Å². The van der Waals surface area contributed by atoms with Gasteiger partial charge in [0.2, 0.25) is 5.95 Å². The summed E-state index contributed by atoms with van der Waals surface area (Å²) < 4.78 is 17.4. The number of anilines is 2. The van der Waals surface area contributed by atoms with E-state index in [1.54, 1.807) is 17.2 Å². The number of carbonyl (C=O) groups is 1. The Bertz CT molecular complexity index is 1150. The Kier molecular flexibility index (Phi) is 7.21. The summed E-state index contributed by atoms with van der Waals surface area (Å²) in [6.07, 6.45) is 0.950. The van der Waals surface area contributed by atoms with Gasteiger partial charge in [0.1, 0.15) is 30.0 Å². The first-order valence-electron chi connectivity index (χ1n) is 11.8. The Morgan fingerprint density at radius 2 is 1.80 bits per heavy atom. The molecule has 1 aliphatic heterocycles. The van der Waals surface area contributed by atoms with Gasteiger partial charge in [0.15, 0.2) is 0 Å². The molecule has 1 aliphatic rings. The summed E-state index contributed by atoms with van der Waals surface area (Å²) >= 11 is 0. The fourth-order valence-corrected chi connectivity index (χ4v) is 3.98. The largest absolute Gasteiger partial charge is 0.457 e. The van der Waals surface area contributed by atoms with E-state index in [0.717, 1.165) is 17.1 Å². The molecule has 3 aromatic rings. The van der Waals surface area contributed by atoms with Crippen LogP contribution in [0.15, 0.2) is 66.9 Å². The molecule has 4 rings (SSSR count). The quantitative estimate of drug-likeness (QED) is 0.429. The Hall–Kier alpha value is -3.65. The minimum Gasteiger partial charge on any atom is -0.457 e. The van der Waals surface area contributed by atoms with Crippen LogP contribution in [0.2, 0.25) is 0 Å². The van der Waals surface area contributed by atoms with Crippen molar-refractivity contribution in [2.75, 3.05) is 16.8 Å². The zero-order valence-electron chi connectivity index (χ0n) is 20.8. The van der Waals surface area contributed by atoms with Gasteiger partial charge < -0.3 is 19.5 Å². The van der Waals surface area contributed by atoms with Crippen molar-refractivity contribution in [1.82, 2.24) is 9.97 Å². The van der Waals surface area contributed by atoms with Crippen LogP contribution < -0.4 is 15.0 Å². The summed E-state index contributed by atoms with van der Waals surface area (Å²) in [5.74, 6) is 2.39. The topological polar surface area (TPSA) is 85.8 Å². The van der Waals surface area contributed by atoms with E-state index < -0.39 is 6.09 Å². The third kappa shape index (κ3) is 6.27. The normalized spacial score (nSPS) is 17.6. The van der Waals surface area contributed by atoms with Crippen LogP contribution in [0, 0.1) is 0 Å². The van der Waals surface area contributed by atoms with Crippen LogP contribution in [0.4, 0.5) is 16.6 Å². The van der Waals surface area contributed by atoms with Gasteiger partial charge in [-0.05, 0) is 70.5 Å². The summed E-state index contributed by atoms with van der Waals surface area (Å²) in [5.41, 5.74) is 0.668. The van der Waals surface area contributed by atoms with E-state index in [2.05, 4.69) is 15.3 Å². The van der Waals surface area contributed by atoms with Crippen LogP contribution in [-0.4, -0.2) is 40.4 Å². The van der Waals surface area contributed by atoms with Crippen molar-refractivity contribution < 1.29 is 19.0 Å². The molecular formula is C27H32N4O4. The molecule has 1 fully saturated rings. The molecule has 0 unspecified atom stereocenters. The highest BCUT2D eigenvalue weighted by Gasteiger charge is 2.40. The molecule has 8 heteroatoms. The molecule has 0 aliphatic carbocycles. The minimum atomic E-state index is -0.442. The number of rotatable bonds is 8. The zero-order chi connectivity index (χ0) is 25.0. The molecule has 0 saturated carbocycles. The number of amides is 1. The number of hydrogen-bond donors (Lipinski definition) is 1. The van der Waals surface area contributed by atoms with Gasteiger partial charge in [0, 0.05) is 6.20 Å². The Morgan fingerprint density at radius 1 is 1.06 bits per heavy atom. The Morgan fingerprint density at radius 3 is 2.54 bits per heavy atom. The van der Waals surface area contributed by atoms with E-state index >= 15 is 0 Å². The van der Waals surface area contributed by atoms with Gasteiger partial charge in [0.05, 0.1) is 17.7 Å². The average molecular weight is 477 g/mol. The van der Waals surface area contributed by atoms with Crippen molar-refractivity contribution in [3.05, 3.63) is 72.4 Å². The maximum absolute atomic E-state index is 12.6. The van der Waals surface area contributed by atoms with Crippen molar-refractivity contribution in [1.29, 1.82) is 0 Å². The summed E-state index contributed by atoms with van der Waals surface area (Å²) in [6.45, 7) is 10.2. The lowest BCUT2D eigenvalue weighted by atomic mass is 10.1. The average Bonchev–Trinajstić information content (AvgIpc) is 3.20. The van der Waals surface area contributed by atoms with Gasteiger partial charge in [-0.15, -0.1) is 0 Å². The first kappa shape index (κ1) is 24.5. The molecule has 0 spiro atoms. The first-order valence-corrected chi connectivity index (χ1v) is 11.8. The maximum atomic E-state index is 12.6. The number of carbonyl (C=O) groups excluding carboxylic acids is 1. The third-order valence-electron chi connectivity index (χ3n) is 5.56. The molecule has 0 bridgehead atoms. The fraction of sp³-hybridized carbons (Fsp3) is 0.370. The SMILES string of the molecule is C[C@H](Nc1nccc(N2C(=O)OC[C@@H]2[C@@H](C)OC(C)(C)C)n1)c1cccc(Oc2ccccc2)c1. The third-order valence-corrected chi connectivity index (χ3v) is 5.56. The van der Waals surface area contributed by atoms with Crippen LogP contribution in [-0.2, 0) is 9.47 Å². The van der Waals surface area contributed by atoms with Gasteiger partial charge in [-0.3, -0.25) is 4.90 Å². The van der Waals surface area contributed by atoms with Crippen LogP contribution in [0.5, 0.6) is 11.5 Å². The molecule has 3 atom stereocenters. The smallest absolute Gasteiger partial charge is 0.416 e. The fourth-order valence-electron chi connectivity index (χ4n) is 3.98. The van der Waals surface area contributed by atoms with E-state index in [0.29, 0.717) is 11.8 Å². The number of ether oxygens (including phenoxy) is 3. The summed E-state index contributed by atoms with van der Waals surface area (Å²) in [6, 6.07) is 18.8. The van der Waals surface area contributed by atoms with Crippen LogP contribution >= 0.6 is 0 Å². The molecule has 1 saturated heterocycles. The van der Waals surface area contributed by atoms with Crippen molar-refractivity contribution in [3.63, 3.8) is 0 Å². The number of hydrogen-bond acceptors (Lipinski definition) is 7. The van der Waals surface area contributed by atoms with E-state index in [1.807, 2.05) is 89.2 Å². The Labute approximate surface area is 206 Å². The van der Waals surface area contributed by atoms with E-state index in [9.17, 15) is 4.79 Å². The Balaban J connectivity index is 1.48. The molecule has 1 N–H and O–H groups in total. The highest BCUT2D eigenvalue weighted by molar-refractivity contribution is 5.89. The van der Waals surface area contributed by atoms with Crippen LogP contribution in [0.1, 0.15) is 46.2 Å². The number of para-hydroxylation sites is 1. The van der Waals surface area contributed by atoms with Crippen LogP contribution in [0.3, 0.4) is 0 Å². The van der Waals surface area contributed by atoms with Crippen molar-refractivity contribution in [2.45, 2.75) is 58.4 Å². The summed E-state index contributed by atoms with van der Waals surface area (Å²) in [7, 11) is 0.